The van der Waals surface area contributed by atoms with Gasteiger partial charge in [-0.1, -0.05) is 0 Å². The molecule has 1 aromatic carbocycles. The third kappa shape index (κ3) is 2.37. The molecule has 0 saturated carbocycles. The molecular weight excluding hydrogens is 240 g/mol. The third-order valence-electron chi connectivity index (χ3n) is 2.94. The van der Waals surface area contributed by atoms with Crippen LogP contribution in [0.5, 0.6) is 5.75 Å². The minimum absolute atomic E-state index is 0.601. The summed E-state index contributed by atoms with van der Waals surface area (Å²) in [5.41, 5.74) is 2.43. The summed E-state index contributed by atoms with van der Waals surface area (Å²) in [5, 5.41) is 0. The molecular formula is C11H16N2O3S. The molecule has 0 atom stereocenters. The SMILES string of the molecule is COc1ccc(NS(=O)(=O)N2CC2)c(C)c1C. The van der Waals surface area contributed by atoms with Crippen LogP contribution < -0.4 is 9.46 Å². The summed E-state index contributed by atoms with van der Waals surface area (Å²) < 4.78 is 32.7. The highest BCUT2D eigenvalue weighted by atomic mass is 32.2. The van der Waals surface area contributed by atoms with E-state index in [2.05, 4.69) is 4.72 Å². The summed E-state index contributed by atoms with van der Waals surface area (Å²) in [6.07, 6.45) is 0. The van der Waals surface area contributed by atoms with Crippen molar-refractivity contribution in [3.8, 4) is 5.75 Å². The van der Waals surface area contributed by atoms with Crippen molar-refractivity contribution in [1.29, 1.82) is 0 Å². The lowest BCUT2D eigenvalue weighted by molar-refractivity contribution is 0.411. The van der Waals surface area contributed by atoms with Crippen LogP contribution >= 0.6 is 0 Å². The van der Waals surface area contributed by atoms with Crippen molar-refractivity contribution in [2.75, 3.05) is 24.9 Å². The van der Waals surface area contributed by atoms with E-state index < -0.39 is 10.2 Å². The van der Waals surface area contributed by atoms with Crippen LogP contribution in [0.25, 0.3) is 0 Å². The highest BCUT2D eigenvalue weighted by Gasteiger charge is 2.32. The molecule has 2 rings (SSSR count). The minimum atomic E-state index is -3.36. The molecule has 0 radical (unpaired) electrons. The number of nitrogens with one attached hydrogen (secondary N) is 1. The van der Waals surface area contributed by atoms with Gasteiger partial charge in [-0.15, -0.1) is 0 Å². The second-order valence-corrected chi connectivity index (χ2v) is 5.74. The van der Waals surface area contributed by atoms with Gasteiger partial charge in [-0.3, -0.25) is 4.72 Å². The Hall–Kier alpha value is -1.27. The van der Waals surface area contributed by atoms with Crippen molar-refractivity contribution >= 4 is 15.9 Å². The maximum absolute atomic E-state index is 11.8. The quantitative estimate of drug-likeness (QED) is 0.826. The second-order valence-electron chi connectivity index (χ2n) is 4.07. The van der Waals surface area contributed by atoms with Gasteiger partial charge in [0.2, 0.25) is 0 Å². The molecule has 17 heavy (non-hydrogen) atoms. The lowest BCUT2D eigenvalue weighted by atomic mass is 10.1. The van der Waals surface area contributed by atoms with Gasteiger partial charge < -0.3 is 4.74 Å². The molecule has 0 spiro atoms. The Morgan fingerprint density at radius 2 is 1.88 bits per heavy atom. The Morgan fingerprint density at radius 3 is 2.41 bits per heavy atom. The van der Waals surface area contributed by atoms with Crippen LogP contribution in [0.4, 0.5) is 5.69 Å². The van der Waals surface area contributed by atoms with Crippen molar-refractivity contribution in [2.45, 2.75) is 13.8 Å². The van der Waals surface area contributed by atoms with E-state index in [1.165, 1.54) is 4.31 Å². The van der Waals surface area contributed by atoms with Gasteiger partial charge in [0.05, 0.1) is 12.8 Å². The normalized spacial score (nSPS) is 15.7. The van der Waals surface area contributed by atoms with E-state index in [-0.39, 0.29) is 0 Å². The number of anilines is 1. The number of benzene rings is 1. The average Bonchev–Trinajstić information content (AvgIpc) is 3.09. The molecule has 1 fully saturated rings. The van der Waals surface area contributed by atoms with Crippen LogP contribution in [-0.2, 0) is 10.2 Å². The predicted molar refractivity (Wildman–Crippen MR) is 66.6 cm³/mol. The van der Waals surface area contributed by atoms with Gasteiger partial charge in [-0.2, -0.15) is 12.7 Å². The van der Waals surface area contributed by atoms with Crippen LogP contribution in [0.15, 0.2) is 12.1 Å². The standard InChI is InChI=1S/C11H16N2O3S/c1-8-9(2)11(16-3)5-4-10(8)12-17(14,15)13-6-7-13/h4-5,12H,6-7H2,1-3H3. The highest BCUT2D eigenvalue weighted by Crippen LogP contribution is 2.28. The summed E-state index contributed by atoms with van der Waals surface area (Å²) in [6.45, 7) is 4.98. The number of ether oxygens (including phenoxy) is 1. The van der Waals surface area contributed by atoms with E-state index >= 15 is 0 Å². The smallest absolute Gasteiger partial charge is 0.301 e. The number of hydrogen-bond donors (Lipinski definition) is 1. The number of nitrogens with zero attached hydrogens (tertiary/aromatic N) is 1. The number of rotatable bonds is 4. The minimum Gasteiger partial charge on any atom is -0.496 e. The van der Waals surface area contributed by atoms with E-state index in [0.717, 1.165) is 16.9 Å². The van der Waals surface area contributed by atoms with Crippen molar-refractivity contribution < 1.29 is 13.2 Å². The summed E-state index contributed by atoms with van der Waals surface area (Å²) in [5.74, 6) is 0.761. The number of methoxy groups -OCH3 is 1. The Balaban J connectivity index is 2.31. The average molecular weight is 256 g/mol. The molecule has 0 aromatic heterocycles. The first-order chi connectivity index (χ1) is 7.95. The Labute approximate surface area is 102 Å². The number of hydrogen-bond acceptors (Lipinski definition) is 3. The summed E-state index contributed by atoms with van der Waals surface area (Å²) >= 11 is 0. The van der Waals surface area contributed by atoms with Gasteiger partial charge >= 0.3 is 10.2 Å². The van der Waals surface area contributed by atoms with Crippen molar-refractivity contribution in [1.82, 2.24) is 4.31 Å². The fraction of sp³-hybridized carbons (Fsp3) is 0.455. The van der Waals surface area contributed by atoms with Crippen molar-refractivity contribution in [2.24, 2.45) is 0 Å². The molecule has 0 amide bonds. The molecule has 94 valence electrons. The first-order valence-electron chi connectivity index (χ1n) is 5.38. The van der Waals surface area contributed by atoms with E-state index in [1.54, 1.807) is 19.2 Å². The summed E-state index contributed by atoms with van der Waals surface area (Å²) in [4.78, 5) is 0. The van der Waals surface area contributed by atoms with E-state index in [1.807, 2.05) is 13.8 Å². The zero-order valence-corrected chi connectivity index (χ0v) is 11.0. The summed E-state index contributed by atoms with van der Waals surface area (Å²) in [7, 11) is -1.76. The maximum atomic E-state index is 11.8. The Kier molecular flexibility index (Phi) is 3.01. The second kappa shape index (κ2) is 4.19. The van der Waals surface area contributed by atoms with E-state index in [9.17, 15) is 8.42 Å². The fourth-order valence-corrected chi connectivity index (χ4v) is 2.80. The first-order valence-corrected chi connectivity index (χ1v) is 6.82. The van der Waals surface area contributed by atoms with Crippen molar-refractivity contribution in [3.05, 3.63) is 23.3 Å². The zero-order chi connectivity index (χ0) is 12.6. The van der Waals surface area contributed by atoms with E-state index in [4.69, 9.17) is 4.74 Å². The molecule has 0 aliphatic carbocycles. The molecule has 1 heterocycles. The monoisotopic (exact) mass is 256 g/mol. The van der Waals surface area contributed by atoms with Gasteiger partial charge in [-0.05, 0) is 37.1 Å². The van der Waals surface area contributed by atoms with Crippen LogP contribution in [0.1, 0.15) is 11.1 Å². The molecule has 6 heteroatoms. The topological polar surface area (TPSA) is 58.4 Å². The molecule has 1 saturated heterocycles. The van der Waals surface area contributed by atoms with Crippen LogP contribution in [0, 0.1) is 13.8 Å². The fourth-order valence-electron chi connectivity index (χ4n) is 1.61. The molecule has 1 aromatic rings. The first kappa shape index (κ1) is 12.2. The van der Waals surface area contributed by atoms with Crippen molar-refractivity contribution in [3.63, 3.8) is 0 Å². The maximum Gasteiger partial charge on any atom is 0.301 e. The predicted octanol–water partition coefficient (Wildman–Crippen LogP) is 1.28. The van der Waals surface area contributed by atoms with Gasteiger partial charge in [0.1, 0.15) is 5.75 Å². The molecule has 1 aliphatic heterocycles. The molecule has 1 aliphatic rings. The largest absolute Gasteiger partial charge is 0.496 e. The van der Waals surface area contributed by atoms with Crippen LogP contribution in [-0.4, -0.2) is 32.9 Å². The zero-order valence-electron chi connectivity index (χ0n) is 10.1. The molecule has 5 nitrogen and oxygen atoms in total. The lowest BCUT2D eigenvalue weighted by Gasteiger charge is -2.14. The molecule has 0 bridgehead atoms. The van der Waals surface area contributed by atoms with Gasteiger partial charge in [-0.25, -0.2) is 0 Å². The van der Waals surface area contributed by atoms with Crippen LogP contribution in [0.2, 0.25) is 0 Å². The van der Waals surface area contributed by atoms with E-state index in [0.29, 0.717) is 18.8 Å². The van der Waals surface area contributed by atoms with Gasteiger partial charge in [0.15, 0.2) is 0 Å². The Morgan fingerprint density at radius 1 is 1.24 bits per heavy atom. The molecule has 0 unspecified atom stereocenters. The lowest BCUT2D eigenvalue weighted by Crippen LogP contribution is -2.21. The highest BCUT2D eigenvalue weighted by molar-refractivity contribution is 7.90. The summed E-state index contributed by atoms with van der Waals surface area (Å²) in [6, 6.07) is 3.49. The van der Waals surface area contributed by atoms with Crippen LogP contribution in [0.3, 0.4) is 0 Å². The molecule has 1 N–H and O–H groups in total. The third-order valence-corrected chi connectivity index (χ3v) is 4.47. The van der Waals surface area contributed by atoms with Gasteiger partial charge in [0, 0.05) is 13.1 Å². The van der Waals surface area contributed by atoms with Gasteiger partial charge in [0.25, 0.3) is 0 Å². The Bertz CT molecular complexity index is 536.